The fourth-order valence-electron chi connectivity index (χ4n) is 2.50. The molecule has 1 aliphatic heterocycles. The maximum Gasteiger partial charge on any atom is 0.279 e. The predicted molar refractivity (Wildman–Crippen MR) is 100.0 cm³/mol. The number of rotatable bonds is 3. The van der Waals surface area contributed by atoms with Crippen molar-refractivity contribution in [2.24, 2.45) is 0 Å². The number of benzene rings is 1. The van der Waals surface area contributed by atoms with Crippen LogP contribution in [0.25, 0.3) is 0 Å². The van der Waals surface area contributed by atoms with Crippen LogP contribution in [0.4, 0.5) is 5.69 Å². The first-order valence-corrected chi connectivity index (χ1v) is 9.40. The van der Waals surface area contributed by atoms with Crippen LogP contribution < -0.4 is 15.8 Å². The van der Waals surface area contributed by atoms with Crippen molar-refractivity contribution in [2.45, 2.75) is 12.8 Å². The molecule has 0 atom stereocenters. The van der Waals surface area contributed by atoms with Gasteiger partial charge in [-0.1, -0.05) is 11.6 Å². The molecule has 1 aromatic heterocycles. The van der Waals surface area contributed by atoms with Crippen LogP contribution in [0.1, 0.15) is 32.9 Å². The Bertz CT molecular complexity index is 855. The summed E-state index contributed by atoms with van der Waals surface area (Å²) < 4.78 is 0.816. The van der Waals surface area contributed by atoms with E-state index in [1.807, 2.05) is 0 Å². The lowest BCUT2D eigenvalue weighted by Crippen LogP contribution is -2.42. The summed E-state index contributed by atoms with van der Waals surface area (Å²) in [7, 11) is 0. The number of thiophene rings is 1. The maximum atomic E-state index is 12.5. The summed E-state index contributed by atoms with van der Waals surface area (Å²) in [4.78, 5) is 38.5. The van der Waals surface area contributed by atoms with E-state index < -0.39 is 11.8 Å². The fourth-order valence-corrected chi connectivity index (χ4v) is 3.95. The Kier molecular flexibility index (Phi) is 5.41. The van der Waals surface area contributed by atoms with Gasteiger partial charge in [0.05, 0.1) is 19.9 Å². The average Bonchev–Trinajstić information content (AvgIpc) is 3.20. The lowest BCUT2D eigenvalue weighted by Gasteiger charge is -2.19. The number of nitrogens with zero attached hydrogens (tertiary/aromatic N) is 1. The van der Waals surface area contributed by atoms with Crippen LogP contribution in [0.5, 0.6) is 0 Å². The van der Waals surface area contributed by atoms with E-state index in [1.165, 1.54) is 17.4 Å². The number of hydrogen-bond acceptors (Lipinski definition) is 4. The lowest BCUT2D eigenvalue weighted by atomic mass is 10.1. The molecule has 2 heterocycles. The second-order valence-electron chi connectivity index (χ2n) is 5.32. The van der Waals surface area contributed by atoms with Crippen molar-refractivity contribution in [3.05, 3.63) is 49.6 Å². The topological polar surface area (TPSA) is 78.5 Å². The molecule has 0 saturated carbocycles. The highest BCUT2D eigenvalue weighted by Crippen LogP contribution is 2.28. The minimum absolute atomic E-state index is 0.0520. The van der Waals surface area contributed by atoms with Crippen LogP contribution >= 0.6 is 38.9 Å². The molecule has 130 valence electrons. The Morgan fingerprint density at radius 3 is 2.56 bits per heavy atom. The van der Waals surface area contributed by atoms with E-state index in [-0.39, 0.29) is 11.5 Å². The van der Waals surface area contributed by atoms with E-state index >= 15 is 0 Å². The van der Waals surface area contributed by atoms with E-state index in [2.05, 4.69) is 26.8 Å². The summed E-state index contributed by atoms with van der Waals surface area (Å²) in [6.07, 6.45) is 1.17. The van der Waals surface area contributed by atoms with Gasteiger partial charge >= 0.3 is 0 Å². The summed E-state index contributed by atoms with van der Waals surface area (Å²) in [6.45, 7) is 0.537. The number of halogens is 2. The molecule has 9 heteroatoms. The Hall–Kier alpha value is -1.90. The molecule has 2 aromatic rings. The summed E-state index contributed by atoms with van der Waals surface area (Å²) in [5, 5.41) is 0.429. The molecule has 0 bridgehead atoms. The molecule has 0 radical (unpaired) electrons. The van der Waals surface area contributed by atoms with E-state index in [4.69, 9.17) is 11.6 Å². The maximum absolute atomic E-state index is 12.5. The van der Waals surface area contributed by atoms with Crippen LogP contribution in [0.2, 0.25) is 5.02 Å². The molecule has 1 aliphatic rings. The van der Waals surface area contributed by atoms with Crippen LogP contribution in [0.15, 0.2) is 34.1 Å². The molecule has 3 rings (SSSR count). The van der Waals surface area contributed by atoms with Crippen LogP contribution in [0, 0.1) is 0 Å². The summed E-state index contributed by atoms with van der Waals surface area (Å²) >= 11 is 10.5. The highest BCUT2D eigenvalue weighted by molar-refractivity contribution is 9.11. The highest BCUT2D eigenvalue weighted by atomic mass is 79.9. The molecule has 1 saturated heterocycles. The quantitative estimate of drug-likeness (QED) is 0.716. The molecule has 3 amide bonds. The minimum atomic E-state index is -0.518. The van der Waals surface area contributed by atoms with Crippen LogP contribution in [-0.4, -0.2) is 24.3 Å². The third kappa shape index (κ3) is 4.02. The van der Waals surface area contributed by atoms with Crippen LogP contribution in [-0.2, 0) is 4.79 Å². The van der Waals surface area contributed by atoms with Gasteiger partial charge in [0.1, 0.15) is 0 Å². The number of amides is 3. The average molecular weight is 443 g/mol. The molecule has 1 aromatic carbocycles. The second kappa shape index (κ2) is 7.55. The molecule has 6 nitrogen and oxygen atoms in total. The Morgan fingerprint density at radius 2 is 1.92 bits per heavy atom. The zero-order chi connectivity index (χ0) is 18.0. The molecule has 25 heavy (non-hydrogen) atoms. The van der Waals surface area contributed by atoms with Gasteiger partial charge in [-0.15, -0.1) is 11.3 Å². The number of anilines is 1. The van der Waals surface area contributed by atoms with E-state index in [0.29, 0.717) is 28.6 Å². The van der Waals surface area contributed by atoms with Crippen molar-refractivity contribution in [1.82, 2.24) is 10.9 Å². The number of hydrazine groups is 1. The van der Waals surface area contributed by atoms with Gasteiger partial charge in [0.2, 0.25) is 5.91 Å². The first kappa shape index (κ1) is 17.9. The molecular weight excluding hydrogens is 430 g/mol. The smallest absolute Gasteiger partial charge is 0.279 e. The molecule has 0 aliphatic carbocycles. The largest absolute Gasteiger partial charge is 0.312 e. The SMILES string of the molecule is O=C(NNC(=O)c1ccc(Cl)cc1N1CCCC1=O)c1ccc(Br)s1. The lowest BCUT2D eigenvalue weighted by molar-refractivity contribution is -0.117. The zero-order valence-electron chi connectivity index (χ0n) is 12.8. The monoisotopic (exact) mass is 441 g/mol. The van der Waals surface area contributed by atoms with Gasteiger partial charge in [0, 0.05) is 18.0 Å². The van der Waals surface area contributed by atoms with E-state index in [9.17, 15) is 14.4 Å². The van der Waals surface area contributed by atoms with E-state index in [1.54, 1.807) is 29.2 Å². The van der Waals surface area contributed by atoms with Crippen molar-refractivity contribution >= 4 is 62.3 Å². The molecule has 0 spiro atoms. The van der Waals surface area contributed by atoms with Gasteiger partial charge in [-0.2, -0.15) is 0 Å². The highest BCUT2D eigenvalue weighted by Gasteiger charge is 2.26. The Morgan fingerprint density at radius 1 is 1.16 bits per heavy atom. The van der Waals surface area contributed by atoms with Crippen molar-refractivity contribution in [2.75, 3.05) is 11.4 Å². The number of carbonyl (C=O) groups is 3. The zero-order valence-corrected chi connectivity index (χ0v) is 16.0. The number of nitrogens with one attached hydrogen (secondary N) is 2. The van der Waals surface area contributed by atoms with Crippen molar-refractivity contribution in [3.8, 4) is 0 Å². The summed E-state index contributed by atoms with van der Waals surface area (Å²) in [5.41, 5.74) is 5.46. The molecule has 0 unspecified atom stereocenters. The molecule has 1 fully saturated rings. The molecule has 2 N–H and O–H groups in total. The van der Waals surface area contributed by atoms with E-state index in [0.717, 1.165) is 10.2 Å². The van der Waals surface area contributed by atoms with Gasteiger partial charge in [-0.25, -0.2) is 0 Å². The van der Waals surface area contributed by atoms with Gasteiger partial charge in [-0.3, -0.25) is 25.2 Å². The van der Waals surface area contributed by atoms with Gasteiger partial charge in [0.25, 0.3) is 11.8 Å². The first-order chi connectivity index (χ1) is 12.0. The third-order valence-corrected chi connectivity index (χ3v) is 5.51. The Labute approximate surface area is 161 Å². The standard InChI is InChI=1S/C16H13BrClN3O3S/c17-13-6-5-12(25-13)16(24)20-19-15(23)10-4-3-9(18)8-11(10)21-7-1-2-14(21)22/h3-6,8H,1-2,7H2,(H,19,23)(H,20,24). The number of hydrogen-bond donors (Lipinski definition) is 2. The predicted octanol–water partition coefficient (Wildman–Crippen LogP) is 3.37. The van der Waals surface area contributed by atoms with Gasteiger partial charge in [-0.05, 0) is 52.7 Å². The molecular formula is C16H13BrClN3O3S. The van der Waals surface area contributed by atoms with Crippen LogP contribution in [0.3, 0.4) is 0 Å². The minimum Gasteiger partial charge on any atom is -0.312 e. The fraction of sp³-hybridized carbons (Fsp3) is 0.188. The second-order valence-corrected chi connectivity index (χ2v) is 8.22. The Balaban J connectivity index is 1.75. The summed E-state index contributed by atoms with van der Waals surface area (Å²) in [6, 6.07) is 8.08. The van der Waals surface area contributed by atoms with Gasteiger partial charge < -0.3 is 4.90 Å². The summed E-state index contributed by atoms with van der Waals surface area (Å²) in [5.74, 6) is -0.990. The normalized spacial score (nSPS) is 13.8. The number of carbonyl (C=O) groups excluding carboxylic acids is 3. The van der Waals surface area contributed by atoms with Crippen molar-refractivity contribution in [1.29, 1.82) is 0 Å². The van der Waals surface area contributed by atoms with Crippen molar-refractivity contribution in [3.63, 3.8) is 0 Å². The van der Waals surface area contributed by atoms with Crippen molar-refractivity contribution < 1.29 is 14.4 Å². The van der Waals surface area contributed by atoms with Gasteiger partial charge in [0.15, 0.2) is 0 Å². The third-order valence-electron chi connectivity index (χ3n) is 3.66. The first-order valence-electron chi connectivity index (χ1n) is 7.41.